The van der Waals surface area contributed by atoms with Crippen LogP contribution in [0.5, 0.6) is 0 Å². The van der Waals surface area contributed by atoms with E-state index in [0.717, 1.165) is 12.8 Å². The molecule has 1 aliphatic rings. The maximum absolute atomic E-state index is 11.6. The molecule has 1 N–H and O–H groups in total. The SMILES string of the molecule is COCc1nc(C2CCN(C(C)=O)CC2)n(-c2ccccc2C(=O)O)n1. The molecule has 8 nitrogen and oxygen atoms in total. The van der Waals surface area contributed by atoms with Crippen LogP contribution in [0.4, 0.5) is 0 Å². The van der Waals surface area contributed by atoms with Gasteiger partial charge in [0.15, 0.2) is 5.82 Å². The largest absolute Gasteiger partial charge is 0.478 e. The van der Waals surface area contributed by atoms with Crippen molar-refractivity contribution in [3.63, 3.8) is 0 Å². The molecule has 0 saturated carbocycles. The highest BCUT2D eigenvalue weighted by atomic mass is 16.5. The van der Waals surface area contributed by atoms with E-state index in [-0.39, 0.29) is 24.0 Å². The number of benzene rings is 1. The molecule has 1 fully saturated rings. The second-order valence-electron chi connectivity index (χ2n) is 6.33. The first kappa shape index (κ1) is 18.1. The highest BCUT2D eigenvalue weighted by molar-refractivity contribution is 5.91. The molecule has 0 unspecified atom stereocenters. The van der Waals surface area contributed by atoms with E-state index < -0.39 is 5.97 Å². The standard InChI is InChI=1S/C18H22N4O4/c1-12(23)21-9-7-13(8-10-21)17-19-16(11-26-2)20-22(17)15-6-4-3-5-14(15)18(24)25/h3-6,13H,7-11H2,1-2H3,(H,24,25). The molecule has 0 aliphatic carbocycles. The lowest BCUT2D eigenvalue weighted by atomic mass is 9.95. The fourth-order valence-electron chi connectivity index (χ4n) is 3.29. The minimum absolute atomic E-state index is 0.0706. The van der Waals surface area contributed by atoms with Gasteiger partial charge >= 0.3 is 5.97 Å². The number of likely N-dealkylation sites (tertiary alicyclic amines) is 1. The van der Waals surface area contributed by atoms with Crippen LogP contribution in [0.25, 0.3) is 5.69 Å². The van der Waals surface area contributed by atoms with E-state index >= 15 is 0 Å². The Morgan fingerprint density at radius 1 is 1.27 bits per heavy atom. The molecule has 3 rings (SSSR count). The van der Waals surface area contributed by atoms with Gasteiger partial charge in [-0.2, -0.15) is 0 Å². The number of aromatic nitrogens is 3. The van der Waals surface area contributed by atoms with E-state index in [9.17, 15) is 14.7 Å². The van der Waals surface area contributed by atoms with Gasteiger partial charge in [0.25, 0.3) is 0 Å². The van der Waals surface area contributed by atoms with E-state index in [1.165, 1.54) is 0 Å². The van der Waals surface area contributed by atoms with Gasteiger partial charge < -0.3 is 14.7 Å². The second-order valence-corrected chi connectivity index (χ2v) is 6.33. The van der Waals surface area contributed by atoms with Crippen LogP contribution in [-0.2, 0) is 16.1 Å². The van der Waals surface area contributed by atoms with Crippen LogP contribution in [0, 0.1) is 0 Å². The zero-order valence-corrected chi connectivity index (χ0v) is 14.9. The molecule has 26 heavy (non-hydrogen) atoms. The molecule has 1 aromatic carbocycles. The van der Waals surface area contributed by atoms with Gasteiger partial charge in [-0.1, -0.05) is 12.1 Å². The molecule has 1 amide bonds. The first-order valence-corrected chi connectivity index (χ1v) is 8.54. The summed E-state index contributed by atoms with van der Waals surface area (Å²) in [7, 11) is 1.57. The van der Waals surface area contributed by atoms with Crippen molar-refractivity contribution in [3.05, 3.63) is 41.5 Å². The third kappa shape index (κ3) is 3.60. The third-order valence-electron chi connectivity index (χ3n) is 4.62. The van der Waals surface area contributed by atoms with Gasteiger partial charge in [-0.15, -0.1) is 5.10 Å². The maximum Gasteiger partial charge on any atom is 0.337 e. The molecule has 2 aromatic rings. The summed E-state index contributed by atoms with van der Waals surface area (Å²) in [6.07, 6.45) is 1.53. The minimum atomic E-state index is -1.01. The Balaban J connectivity index is 1.99. The predicted molar refractivity (Wildman–Crippen MR) is 93.3 cm³/mol. The third-order valence-corrected chi connectivity index (χ3v) is 4.62. The fraction of sp³-hybridized carbons (Fsp3) is 0.444. The van der Waals surface area contributed by atoms with Crippen LogP contribution >= 0.6 is 0 Å². The number of para-hydroxylation sites is 1. The Labute approximate surface area is 151 Å². The number of hydrogen-bond acceptors (Lipinski definition) is 5. The van der Waals surface area contributed by atoms with Gasteiger partial charge in [-0.3, -0.25) is 4.79 Å². The van der Waals surface area contributed by atoms with E-state index in [1.54, 1.807) is 43.0 Å². The molecule has 8 heteroatoms. The van der Waals surface area contributed by atoms with Crippen LogP contribution in [-0.4, -0.2) is 56.8 Å². The summed E-state index contributed by atoms with van der Waals surface area (Å²) in [6, 6.07) is 6.74. The first-order chi connectivity index (χ1) is 12.5. The fourth-order valence-corrected chi connectivity index (χ4v) is 3.29. The second kappa shape index (κ2) is 7.65. The lowest BCUT2D eigenvalue weighted by Gasteiger charge is -2.30. The van der Waals surface area contributed by atoms with E-state index in [1.807, 2.05) is 4.90 Å². The molecular formula is C18H22N4O4. The number of carbonyl (C=O) groups excluding carboxylic acids is 1. The molecule has 1 aromatic heterocycles. The average molecular weight is 358 g/mol. The summed E-state index contributed by atoms with van der Waals surface area (Å²) in [5.41, 5.74) is 0.655. The number of hydrogen-bond donors (Lipinski definition) is 1. The monoisotopic (exact) mass is 358 g/mol. The van der Waals surface area contributed by atoms with Gasteiger partial charge in [-0.05, 0) is 25.0 Å². The summed E-state index contributed by atoms with van der Waals surface area (Å²) in [4.78, 5) is 29.6. The van der Waals surface area contributed by atoms with E-state index in [2.05, 4.69) is 10.1 Å². The number of rotatable bonds is 5. The van der Waals surface area contributed by atoms with Crippen molar-refractivity contribution in [2.45, 2.75) is 32.3 Å². The van der Waals surface area contributed by atoms with Crippen molar-refractivity contribution in [3.8, 4) is 5.69 Å². The molecule has 1 aliphatic heterocycles. The molecule has 0 bridgehead atoms. The summed E-state index contributed by atoms with van der Waals surface area (Å²) in [5.74, 6) is 0.388. The van der Waals surface area contributed by atoms with Gasteiger partial charge in [0.2, 0.25) is 5.91 Å². The van der Waals surface area contributed by atoms with Crippen molar-refractivity contribution in [2.75, 3.05) is 20.2 Å². The highest BCUT2D eigenvalue weighted by Crippen LogP contribution is 2.29. The van der Waals surface area contributed by atoms with Gasteiger partial charge in [-0.25, -0.2) is 14.5 Å². The topological polar surface area (TPSA) is 97.6 Å². The summed E-state index contributed by atoms with van der Waals surface area (Å²) in [6.45, 7) is 3.14. The summed E-state index contributed by atoms with van der Waals surface area (Å²) in [5, 5.41) is 14.0. The Hall–Kier alpha value is -2.74. The normalized spacial score (nSPS) is 15.2. The van der Waals surface area contributed by atoms with Crippen molar-refractivity contribution in [1.82, 2.24) is 19.7 Å². The Morgan fingerprint density at radius 2 is 1.96 bits per heavy atom. The smallest absolute Gasteiger partial charge is 0.337 e. The van der Waals surface area contributed by atoms with Crippen molar-refractivity contribution in [1.29, 1.82) is 0 Å². The Kier molecular flexibility index (Phi) is 5.32. The molecular weight excluding hydrogens is 336 g/mol. The number of aromatic carboxylic acids is 1. The van der Waals surface area contributed by atoms with Crippen molar-refractivity contribution < 1.29 is 19.4 Å². The highest BCUT2D eigenvalue weighted by Gasteiger charge is 2.28. The quantitative estimate of drug-likeness (QED) is 0.876. The minimum Gasteiger partial charge on any atom is -0.478 e. The molecule has 138 valence electrons. The summed E-state index contributed by atoms with van der Waals surface area (Å²) < 4.78 is 6.76. The van der Waals surface area contributed by atoms with Crippen LogP contribution in [0.15, 0.2) is 24.3 Å². The van der Waals surface area contributed by atoms with Gasteiger partial charge in [0.1, 0.15) is 12.4 Å². The molecule has 2 heterocycles. The first-order valence-electron chi connectivity index (χ1n) is 8.54. The molecule has 1 saturated heterocycles. The maximum atomic E-state index is 11.6. The zero-order valence-electron chi connectivity index (χ0n) is 14.9. The lowest BCUT2D eigenvalue weighted by Crippen LogP contribution is -2.36. The van der Waals surface area contributed by atoms with Crippen molar-refractivity contribution in [2.24, 2.45) is 0 Å². The number of carboxylic acids is 1. The summed E-state index contributed by atoms with van der Waals surface area (Å²) >= 11 is 0. The van der Waals surface area contributed by atoms with Crippen LogP contribution < -0.4 is 0 Å². The predicted octanol–water partition coefficient (Wildman–Crippen LogP) is 1.84. The average Bonchev–Trinajstić information content (AvgIpc) is 3.06. The van der Waals surface area contributed by atoms with Crippen LogP contribution in [0.2, 0.25) is 0 Å². The number of methoxy groups -OCH3 is 1. The van der Waals surface area contributed by atoms with E-state index in [4.69, 9.17) is 4.74 Å². The Bertz CT molecular complexity index is 809. The number of carboxylic acid groups (broad SMARTS) is 1. The van der Waals surface area contributed by atoms with Gasteiger partial charge in [0.05, 0.1) is 11.3 Å². The number of carbonyl (C=O) groups is 2. The van der Waals surface area contributed by atoms with Crippen LogP contribution in [0.1, 0.15) is 47.7 Å². The number of amides is 1. The molecule has 0 atom stereocenters. The lowest BCUT2D eigenvalue weighted by molar-refractivity contribution is -0.129. The van der Waals surface area contributed by atoms with E-state index in [0.29, 0.717) is 30.4 Å². The number of piperidine rings is 1. The Morgan fingerprint density at radius 3 is 2.58 bits per heavy atom. The zero-order chi connectivity index (χ0) is 18.7. The van der Waals surface area contributed by atoms with Crippen molar-refractivity contribution >= 4 is 11.9 Å². The van der Waals surface area contributed by atoms with Gasteiger partial charge in [0, 0.05) is 33.0 Å². The van der Waals surface area contributed by atoms with Crippen LogP contribution in [0.3, 0.4) is 0 Å². The molecule has 0 radical (unpaired) electrons. The number of ether oxygens (including phenoxy) is 1. The number of nitrogens with zero attached hydrogens (tertiary/aromatic N) is 4. The molecule has 0 spiro atoms.